The fourth-order valence-electron chi connectivity index (χ4n) is 1.91. The summed E-state index contributed by atoms with van der Waals surface area (Å²) < 4.78 is 14.2. The van der Waals surface area contributed by atoms with E-state index in [9.17, 15) is 4.39 Å². The van der Waals surface area contributed by atoms with Gasteiger partial charge in [-0.2, -0.15) is 0 Å². The first-order valence-corrected chi connectivity index (χ1v) is 6.94. The van der Waals surface area contributed by atoms with Crippen molar-refractivity contribution in [1.82, 2.24) is 15.3 Å². The number of nitrogens with one attached hydrogen (secondary N) is 1. The van der Waals surface area contributed by atoms with Crippen LogP contribution in [0.4, 0.5) is 4.39 Å². The van der Waals surface area contributed by atoms with Crippen LogP contribution in [-0.2, 0) is 6.42 Å². The number of aromatic nitrogens is 2. The van der Waals surface area contributed by atoms with E-state index in [4.69, 9.17) is 0 Å². The number of hydrogen-bond donors (Lipinski definition) is 1. The van der Waals surface area contributed by atoms with Gasteiger partial charge in [-0.15, -0.1) is 0 Å². The molecule has 0 amide bonds. The topological polar surface area (TPSA) is 37.8 Å². The summed E-state index contributed by atoms with van der Waals surface area (Å²) in [4.78, 5) is 8.53. The Morgan fingerprint density at radius 2 is 2.05 bits per heavy atom. The lowest BCUT2D eigenvalue weighted by Crippen LogP contribution is -2.25. The summed E-state index contributed by atoms with van der Waals surface area (Å²) in [6, 6.07) is 6.46. The summed E-state index contributed by atoms with van der Waals surface area (Å²) in [5.41, 5.74) is 0.901. The molecule has 0 spiro atoms. The maximum absolute atomic E-state index is 13.3. The number of rotatable bonds is 5. The molecule has 19 heavy (non-hydrogen) atoms. The van der Waals surface area contributed by atoms with E-state index in [0.29, 0.717) is 6.42 Å². The summed E-state index contributed by atoms with van der Waals surface area (Å²) in [6.45, 7) is 2.83. The first-order chi connectivity index (χ1) is 9.20. The van der Waals surface area contributed by atoms with Crippen molar-refractivity contribution in [3.05, 3.63) is 58.3 Å². The maximum Gasteiger partial charge on any atom is 0.145 e. The minimum atomic E-state index is -0.234. The molecule has 1 unspecified atom stereocenters. The third-order valence-electron chi connectivity index (χ3n) is 2.78. The van der Waals surface area contributed by atoms with Crippen molar-refractivity contribution in [2.24, 2.45) is 0 Å². The molecule has 3 nitrogen and oxygen atoms in total. The van der Waals surface area contributed by atoms with Gasteiger partial charge in [-0.05, 0) is 42.8 Å². The molecule has 5 heteroatoms. The van der Waals surface area contributed by atoms with Gasteiger partial charge in [-0.3, -0.25) is 0 Å². The Balaban J connectivity index is 2.24. The molecule has 100 valence electrons. The van der Waals surface area contributed by atoms with Crippen LogP contribution in [0.25, 0.3) is 0 Å². The Kier molecular flexibility index (Phi) is 4.99. The fraction of sp³-hybridized carbons (Fsp3) is 0.286. The van der Waals surface area contributed by atoms with Crippen LogP contribution in [0.3, 0.4) is 0 Å². The normalized spacial score (nSPS) is 12.4. The lowest BCUT2D eigenvalue weighted by Gasteiger charge is -2.17. The second-order valence-corrected chi connectivity index (χ2v) is 5.01. The summed E-state index contributed by atoms with van der Waals surface area (Å²) in [6.07, 6.45) is 4.07. The van der Waals surface area contributed by atoms with E-state index in [1.165, 1.54) is 12.1 Å². The Bertz CT molecular complexity index is 533. The van der Waals surface area contributed by atoms with Crippen LogP contribution in [0.1, 0.15) is 24.4 Å². The minimum Gasteiger partial charge on any atom is -0.307 e. The standard InChI is InChI=1S/C14H15BrFN3/c1-2-17-13(14-18-6-3-7-19-14)9-10-8-11(16)4-5-12(10)15/h3-8,13,17H,2,9H2,1H3. The van der Waals surface area contributed by atoms with Gasteiger partial charge < -0.3 is 5.32 Å². The molecule has 0 aliphatic heterocycles. The molecule has 2 rings (SSSR count). The van der Waals surface area contributed by atoms with E-state index in [1.54, 1.807) is 24.5 Å². The van der Waals surface area contributed by atoms with E-state index >= 15 is 0 Å². The Labute approximate surface area is 120 Å². The zero-order valence-electron chi connectivity index (χ0n) is 10.6. The van der Waals surface area contributed by atoms with Crippen LogP contribution < -0.4 is 5.32 Å². The van der Waals surface area contributed by atoms with Gasteiger partial charge in [0.1, 0.15) is 11.6 Å². The molecule has 1 aromatic heterocycles. The molecule has 0 saturated carbocycles. The van der Waals surface area contributed by atoms with Crippen molar-refractivity contribution >= 4 is 15.9 Å². The molecule has 0 fully saturated rings. The minimum absolute atomic E-state index is 0.0238. The van der Waals surface area contributed by atoms with Gasteiger partial charge in [0.15, 0.2) is 0 Å². The van der Waals surface area contributed by atoms with Crippen molar-refractivity contribution in [3.8, 4) is 0 Å². The zero-order chi connectivity index (χ0) is 13.7. The maximum atomic E-state index is 13.3. The number of likely N-dealkylation sites (N-methyl/N-ethyl adjacent to an activating group) is 1. The summed E-state index contributed by atoms with van der Waals surface area (Å²) in [5, 5.41) is 3.33. The van der Waals surface area contributed by atoms with Crippen LogP contribution in [0.5, 0.6) is 0 Å². The monoisotopic (exact) mass is 323 g/mol. The molecule has 1 atom stereocenters. The van der Waals surface area contributed by atoms with Crippen molar-refractivity contribution in [3.63, 3.8) is 0 Å². The molecule has 0 radical (unpaired) electrons. The lowest BCUT2D eigenvalue weighted by molar-refractivity contribution is 0.518. The molecule has 0 saturated heterocycles. The van der Waals surface area contributed by atoms with Crippen molar-refractivity contribution in [1.29, 1.82) is 0 Å². The predicted octanol–water partition coefficient (Wildman–Crippen LogP) is 3.27. The van der Waals surface area contributed by atoms with Crippen LogP contribution in [0.15, 0.2) is 41.1 Å². The highest BCUT2D eigenvalue weighted by atomic mass is 79.9. The molecule has 0 bridgehead atoms. The number of benzene rings is 1. The number of halogens is 2. The quantitative estimate of drug-likeness (QED) is 0.917. The van der Waals surface area contributed by atoms with E-state index in [1.807, 2.05) is 6.92 Å². The molecule has 1 aromatic carbocycles. The first-order valence-electron chi connectivity index (χ1n) is 6.15. The van der Waals surface area contributed by atoms with Crippen molar-refractivity contribution in [2.45, 2.75) is 19.4 Å². The highest BCUT2D eigenvalue weighted by Crippen LogP contribution is 2.23. The van der Waals surface area contributed by atoms with E-state index < -0.39 is 0 Å². The molecular weight excluding hydrogens is 309 g/mol. The third-order valence-corrected chi connectivity index (χ3v) is 3.55. The Hall–Kier alpha value is -1.33. The van der Waals surface area contributed by atoms with Gasteiger partial charge in [0, 0.05) is 16.9 Å². The molecule has 2 aromatic rings. The van der Waals surface area contributed by atoms with Crippen molar-refractivity contribution < 1.29 is 4.39 Å². The first kappa shape index (κ1) is 14.1. The predicted molar refractivity (Wildman–Crippen MR) is 76.3 cm³/mol. The molecule has 1 heterocycles. The average molecular weight is 324 g/mol. The van der Waals surface area contributed by atoms with Gasteiger partial charge in [0.25, 0.3) is 0 Å². The number of nitrogens with zero attached hydrogens (tertiary/aromatic N) is 2. The summed E-state index contributed by atoms with van der Waals surface area (Å²) in [7, 11) is 0. The van der Waals surface area contributed by atoms with Crippen molar-refractivity contribution in [2.75, 3.05) is 6.54 Å². The Morgan fingerprint density at radius 1 is 1.32 bits per heavy atom. The smallest absolute Gasteiger partial charge is 0.145 e. The van der Waals surface area contributed by atoms with Crippen LogP contribution in [-0.4, -0.2) is 16.5 Å². The SMILES string of the molecule is CCNC(Cc1cc(F)ccc1Br)c1ncccn1. The second-order valence-electron chi connectivity index (χ2n) is 4.16. The van der Waals surface area contributed by atoms with Crippen LogP contribution >= 0.6 is 15.9 Å². The van der Waals surface area contributed by atoms with Crippen LogP contribution in [0.2, 0.25) is 0 Å². The molecule has 0 aliphatic carbocycles. The highest BCUT2D eigenvalue weighted by Gasteiger charge is 2.15. The summed E-state index contributed by atoms with van der Waals surface area (Å²) in [5.74, 6) is 0.489. The second kappa shape index (κ2) is 6.73. The number of hydrogen-bond acceptors (Lipinski definition) is 3. The summed E-state index contributed by atoms with van der Waals surface area (Å²) >= 11 is 3.45. The molecule has 1 N–H and O–H groups in total. The third kappa shape index (κ3) is 3.81. The van der Waals surface area contributed by atoms with E-state index in [-0.39, 0.29) is 11.9 Å². The lowest BCUT2D eigenvalue weighted by atomic mass is 10.0. The van der Waals surface area contributed by atoms with Gasteiger partial charge in [-0.25, -0.2) is 14.4 Å². The molecule has 0 aliphatic rings. The van der Waals surface area contributed by atoms with Gasteiger partial charge in [0.05, 0.1) is 6.04 Å². The van der Waals surface area contributed by atoms with Gasteiger partial charge in [0.2, 0.25) is 0 Å². The van der Waals surface area contributed by atoms with Gasteiger partial charge >= 0.3 is 0 Å². The average Bonchev–Trinajstić information content (AvgIpc) is 2.43. The van der Waals surface area contributed by atoms with Gasteiger partial charge in [-0.1, -0.05) is 22.9 Å². The highest BCUT2D eigenvalue weighted by molar-refractivity contribution is 9.10. The van der Waals surface area contributed by atoms with Crippen LogP contribution in [0, 0.1) is 5.82 Å². The zero-order valence-corrected chi connectivity index (χ0v) is 12.2. The largest absolute Gasteiger partial charge is 0.307 e. The Morgan fingerprint density at radius 3 is 2.74 bits per heavy atom. The van der Waals surface area contributed by atoms with E-state index in [2.05, 4.69) is 31.2 Å². The molecular formula is C14H15BrFN3. The van der Waals surface area contributed by atoms with E-state index in [0.717, 1.165) is 22.4 Å². The fourth-order valence-corrected chi connectivity index (χ4v) is 2.32.